The molecule has 1 aliphatic heterocycles. The molecule has 4 aliphatic rings. The first-order valence-corrected chi connectivity index (χ1v) is 13.7. The number of fused-ring (bicyclic) bond motifs is 3. The number of phenolic OH excluding ortho intramolecular Hbond substituents is 1. The molecule has 0 radical (unpaired) electrons. The van der Waals surface area contributed by atoms with Gasteiger partial charge in [-0.25, -0.2) is 0 Å². The fraction of sp³-hybridized carbons (Fsp3) is 0.333. The number of hydrogen-bond acceptors (Lipinski definition) is 7. The molecule has 2 aromatic rings. The molecule has 38 heavy (non-hydrogen) atoms. The number of ketones is 2. The second-order valence-corrected chi connectivity index (χ2v) is 11.2. The number of Topliss-reactive ketones (excluding diaryl/α,β-unsaturated/α-hetero) is 1. The van der Waals surface area contributed by atoms with Gasteiger partial charge in [0.15, 0.2) is 23.1 Å². The highest BCUT2D eigenvalue weighted by Gasteiger charge is 2.56. The zero-order valence-electron chi connectivity index (χ0n) is 21.1. The van der Waals surface area contributed by atoms with Crippen LogP contribution in [0.4, 0.5) is 0 Å². The fourth-order valence-corrected chi connectivity index (χ4v) is 7.25. The molecule has 0 unspecified atom stereocenters. The number of ether oxygens (including phenoxy) is 1. The van der Waals surface area contributed by atoms with Crippen molar-refractivity contribution in [3.63, 3.8) is 0 Å². The molecule has 2 heterocycles. The molecule has 1 saturated heterocycles. The number of allylic oxidation sites excluding steroid dienone is 6. The van der Waals surface area contributed by atoms with Crippen molar-refractivity contribution in [1.29, 1.82) is 0 Å². The van der Waals surface area contributed by atoms with E-state index in [-0.39, 0.29) is 42.1 Å². The summed E-state index contributed by atoms with van der Waals surface area (Å²) >= 11 is 1.50. The molecule has 6 rings (SSSR count). The van der Waals surface area contributed by atoms with Crippen molar-refractivity contribution >= 4 is 34.7 Å². The molecule has 1 fully saturated rings. The van der Waals surface area contributed by atoms with Crippen LogP contribution in [0.5, 0.6) is 11.5 Å². The summed E-state index contributed by atoms with van der Waals surface area (Å²) in [6.45, 7) is 4.02. The number of amides is 2. The molecule has 0 spiro atoms. The molecular formula is C30H27NO6S. The van der Waals surface area contributed by atoms with E-state index in [4.69, 9.17) is 4.74 Å². The van der Waals surface area contributed by atoms with Crippen LogP contribution in [-0.4, -0.2) is 40.0 Å². The molecule has 0 bridgehead atoms. The topological polar surface area (TPSA) is 101 Å². The highest BCUT2D eigenvalue weighted by atomic mass is 32.1. The molecule has 3 aliphatic carbocycles. The van der Waals surface area contributed by atoms with E-state index in [1.54, 1.807) is 25.1 Å². The van der Waals surface area contributed by atoms with Crippen LogP contribution in [0.1, 0.15) is 43.0 Å². The number of rotatable bonds is 5. The normalized spacial score (nSPS) is 26.6. The van der Waals surface area contributed by atoms with Gasteiger partial charge in [0, 0.05) is 33.1 Å². The Balaban J connectivity index is 1.48. The summed E-state index contributed by atoms with van der Waals surface area (Å²) in [5.41, 5.74) is 2.34. The molecule has 8 heteroatoms. The maximum absolute atomic E-state index is 13.8. The number of nitrogens with zero attached hydrogens (tertiary/aromatic N) is 1. The van der Waals surface area contributed by atoms with E-state index in [2.05, 4.69) is 0 Å². The molecule has 7 nitrogen and oxygen atoms in total. The fourth-order valence-electron chi connectivity index (χ4n) is 6.56. The van der Waals surface area contributed by atoms with Crippen LogP contribution in [0.25, 0.3) is 0 Å². The number of hydrogen-bond donors (Lipinski definition) is 1. The Bertz CT molecular complexity index is 1480. The van der Waals surface area contributed by atoms with Gasteiger partial charge in [-0.1, -0.05) is 29.8 Å². The Morgan fingerprint density at radius 3 is 2.63 bits per heavy atom. The predicted molar refractivity (Wildman–Crippen MR) is 140 cm³/mol. The zero-order chi connectivity index (χ0) is 26.7. The third-order valence-electron chi connectivity index (χ3n) is 8.19. The van der Waals surface area contributed by atoms with Crippen molar-refractivity contribution in [2.45, 2.75) is 39.2 Å². The third-order valence-corrected chi connectivity index (χ3v) is 9.05. The first kappa shape index (κ1) is 24.6. The van der Waals surface area contributed by atoms with E-state index in [9.17, 15) is 24.3 Å². The minimum atomic E-state index is -0.708. The number of para-hydroxylation sites is 1. The summed E-state index contributed by atoms with van der Waals surface area (Å²) < 4.78 is 5.62. The van der Waals surface area contributed by atoms with Gasteiger partial charge in [0.25, 0.3) is 0 Å². The van der Waals surface area contributed by atoms with Gasteiger partial charge in [0.1, 0.15) is 0 Å². The van der Waals surface area contributed by atoms with E-state index in [1.807, 2.05) is 30.5 Å². The second-order valence-electron chi connectivity index (χ2n) is 10.2. The maximum atomic E-state index is 13.8. The minimum absolute atomic E-state index is 0.0884. The van der Waals surface area contributed by atoms with Crippen LogP contribution in [0.3, 0.4) is 0 Å². The molecular weight excluding hydrogens is 502 g/mol. The van der Waals surface area contributed by atoms with Crippen molar-refractivity contribution < 1.29 is 29.0 Å². The number of aromatic hydroxyl groups is 1. The highest BCUT2D eigenvalue weighted by molar-refractivity contribution is 7.09. The van der Waals surface area contributed by atoms with E-state index in [0.29, 0.717) is 41.1 Å². The second kappa shape index (κ2) is 9.20. The smallest absolute Gasteiger partial charge is 0.234 e. The molecule has 1 aromatic heterocycles. The van der Waals surface area contributed by atoms with E-state index in [1.165, 1.54) is 22.3 Å². The van der Waals surface area contributed by atoms with Gasteiger partial charge in [-0.15, -0.1) is 11.3 Å². The molecule has 1 N–H and O–H groups in total. The SMILES string of the molecule is CCOc1cccc([C@H]2C3=CC[C@@H]4C(=O)N(Cc5cccs5)C(=O)[C@@H]4[C@@H]3CC3=C2C(=O)C=C(C)C3=O)c1O. The van der Waals surface area contributed by atoms with Gasteiger partial charge in [0.05, 0.1) is 25.0 Å². The van der Waals surface area contributed by atoms with Crippen LogP contribution in [0.15, 0.2) is 70.2 Å². The summed E-state index contributed by atoms with van der Waals surface area (Å²) in [5.74, 6) is -2.98. The summed E-state index contributed by atoms with van der Waals surface area (Å²) in [6, 6.07) is 8.93. The van der Waals surface area contributed by atoms with Crippen LogP contribution in [0.2, 0.25) is 0 Å². The highest BCUT2D eigenvalue weighted by Crippen LogP contribution is 2.56. The van der Waals surface area contributed by atoms with Crippen molar-refractivity contribution in [2.75, 3.05) is 6.61 Å². The van der Waals surface area contributed by atoms with Crippen LogP contribution >= 0.6 is 11.3 Å². The van der Waals surface area contributed by atoms with E-state index in [0.717, 1.165) is 10.5 Å². The lowest BCUT2D eigenvalue weighted by molar-refractivity contribution is -0.140. The largest absolute Gasteiger partial charge is 0.504 e. The monoisotopic (exact) mass is 529 g/mol. The number of carbonyl (C=O) groups is 4. The van der Waals surface area contributed by atoms with Gasteiger partial charge < -0.3 is 9.84 Å². The van der Waals surface area contributed by atoms with Gasteiger partial charge in [-0.3, -0.25) is 24.1 Å². The lowest BCUT2D eigenvalue weighted by Crippen LogP contribution is -2.39. The van der Waals surface area contributed by atoms with Crippen LogP contribution < -0.4 is 4.74 Å². The quantitative estimate of drug-likeness (QED) is 0.348. The first-order chi connectivity index (χ1) is 18.3. The van der Waals surface area contributed by atoms with Crippen LogP contribution in [0, 0.1) is 17.8 Å². The van der Waals surface area contributed by atoms with E-state index < -0.39 is 23.7 Å². The molecule has 1 aromatic carbocycles. The Hall–Kier alpha value is -3.78. The number of phenols is 1. The molecule has 4 atom stereocenters. The number of imide groups is 1. The number of benzene rings is 1. The van der Waals surface area contributed by atoms with Crippen molar-refractivity contribution in [2.24, 2.45) is 17.8 Å². The zero-order valence-corrected chi connectivity index (χ0v) is 21.9. The Morgan fingerprint density at radius 1 is 1.08 bits per heavy atom. The summed E-state index contributed by atoms with van der Waals surface area (Å²) in [4.78, 5) is 56.2. The number of thiophene rings is 1. The van der Waals surface area contributed by atoms with Crippen molar-refractivity contribution in [3.05, 3.63) is 80.6 Å². The lowest BCUT2D eigenvalue weighted by atomic mass is 9.59. The first-order valence-electron chi connectivity index (χ1n) is 12.8. The Labute approximate surface area is 224 Å². The maximum Gasteiger partial charge on any atom is 0.234 e. The molecule has 194 valence electrons. The van der Waals surface area contributed by atoms with E-state index >= 15 is 0 Å². The number of likely N-dealkylation sites (tertiary alicyclic amines) is 1. The average molecular weight is 530 g/mol. The average Bonchev–Trinajstić information content (AvgIpc) is 3.50. The van der Waals surface area contributed by atoms with Gasteiger partial charge >= 0.3 is 0 Å². The molecule has 2 amide bonds. The van der Waals surface area contributed by atoms with Gasteiger partial charge in [-0.05, 0) is 56.2 Å². The minimum Gasteiger partial charge on any atom is -0.504 e. The summed E-state index contributed by atoms with van der Waals surface area (Å²) in [7, 11) is 0. The standard InChI is InChI=1S/C30H27NO6S/c1-3-37-23-8-4-7-18(28(23)34)24-17-9-10-19-25(30(36)31(29(19)35)14-16-6-5-11-38-16)20(17)13-21-26(24)22(32)12-15(2)27(21)33/h4-9,11-12,19-20,24-25,34H,3,10,13-14H2,1-2H3/t19-,20+,24+,25-/m0/s1. The lowest BCUT2D eigenvalue weighted by Gasteiger charge is -2.42. The Morgan fingerprint density at radius 2 is 1.89 bits per heavy atom. The summed E-state index contributed by atoms with van der Waals surface area (Å²) in [5, 5.41) is 13.1. The Kier molecular flexibility index (Phi) is 5.94. The van der Waals surface area contributed by atoms with Crippen molar-refractivity contribution in [1.82, 2.24) is 4.90 Å². The number of carbonyl (C=O) groups excluding carboxylic acids is 4. The van der Waals surface area contributed by atoms with Crippen molar-refractivity contribution in [3.8, 4) is 11.5 Å². The summed E-state index contributed by atoms with van der Waals surface area (Å²) in [6.07, 6.45) is 3.89. The van der Waals surface area contributed by atoms with Gasteiger partial charge in [0.2, 0.25) is 11.8 Å². The molecule has 0 saturated carbocycles. The van der Waals surface area contributed by atoms with Gasteiger partial charge in [-0.2, -0.15) is 0 Å². The predicted octanol–water partition coefficient (Wildman–Crippen LogP) is 4.48. The van der Waals surface area contributed by atoms with Crippen LogP contribution in [-0.2, 0) is 25.7 Å². The third kappa shape index (κ3) is 3.61.